The minimum atomic E-state index is -0.0520. The molecule has 0 spiro atoms. The number of esters is 1. The molecule has 16 heavy (non-hydrogen) atoms. The molecule has 3 heteroatoms. The van der Waals surface area contributed by atoms with E-state index in [4.69, 9.17) is 4.74 Å². The molecule has 0 saturated carbocycles. The van der Waals surface area contributed by atoms with Gasteiger partial charge in [-0.05, 0) is 19.4 Å². The molecule has 0 atom stereocenters. The maximum atomic E-state index is 11.2. The van der Waals surface area contributed by atoms with Crippen molar-refractivity contribution in [1.82, 2.24) is 5.32 Å². The number of nitrogens with one attached hydrogen (secondary N) is 1. The van der Waals surface area contributed by atoms with E-state index in [9.17, 15) is 4.79 Å². The van der Waals surface area contributed by atoms with Crippen molar-refractivity contribution in [3.8, 4) is 0 Å². The van der Waals surface area contributed by atoms with Gasteiger partial charge < -0.3 is 10.1 Å². The lowest BCUT2D eigenvalue weighted by Gasteiger charge is -2.06. The Balaban J connectivity index is 3.09. The van der Waals surface area contributed by atoms with Crippen molar-refractivity contribution in [2.45, 2.75) is 58.8 Å². The Morgan fingerprint density at radius 3 is 2.38 bits per heavy atom. The molecule has 0 aliphatic rings. The van der Waals surface area contributed by atoms with E-state index < -0.39 is 0 Å². The Kier molecular flexibility index (Phi) is 12.1. The molecule has 3 nitrogen and oxygen atoms in total. The fourth-order valence-corrected chi connectivity index (χ4v) is 1.45. The van der Waals surface area contributed by atoms with Crippen LogP contribution in [0.3, 0.4) is 0 Å². The lowest BCUT2D eigenvalue weighted by Crippen LogP contribution is -2.22. The quantitative estimate of drug-likeness (QED) is 0.437. The lowest BCUT2D eigenvalue weighted by atomic mass is 10.2. The van der Waals surface area contributed by atoms with Crippen molar-refractivity contribution in [3.05, 3.63) is 0 Å². The third-order valence-corrected chi connectivity index (χ3v) is 2.48. The number of hydrogen-bond donors (Lipinski definition) is 1. The second-order valence-corrected chi connectivity index (χ2v) is 4.13. The van der Waals surface area contributed by atoms with Crippen LogP contribution in [0.25, 0.3) is 0 Å². The second kappa shape index (κ2) is 12.5. The van der Waals surface area contributed by atoms with Crippen molar-refractivity contribution < 1.29 is 9.53 Å². The summed E-state index contributed by atoms with van der Waals surface area (Å²) < 4.78 is 5.09. The van der Waals surface area contributed by atoms with Crippen LogP contribution in [0.1, 0.15) is 58.8 Å². The molecular weight excluding hydrogens is 202 g/mol. The van der Waals surface area contributed by atoms with Crippen LogP contribution in [-0.4, -0.2) is 25.7 Å². The smallest absolute Gasteiger partial charge is 0.305 e. The predicted octanol–water partition coefficient (Wildman–Crippen LogP) is 2.89. The summed E-state index contributed by atoms with van der Waals surface area (Å²) in [6.45, 7) is 6.64. The molecule has 0 aromatic rings. The number of carbonyl (C=O) groups excluding carboxylic acids is 1. The van der Waals surface area contributed by atoms with E-state index in [1.165, 1.54) is 19.3 Å². The molecular formula is C13H27NO2. The van der Waals surface area contributed by atoms with E-state index in [2.05, 4.69) is 19.2 Å². The van der Waals surface area contributed by atoms with Crippen LogP contribution in [0.15, 0.2) is 0 Å². The van der Waals surface area contributed by atoms with Gasteiger partial charge >= 0.3 is 5.97 Å². The van der Waals surface area contributed by atoms with E-state index in [1.807, 2.05) is 0 Å². The highest BCUT2D eigenvalue weighted by atomic mass is 16.5. The number of ether oxygens (including phenoxy) is 1. The van der Waals surface area contributed by atoms with Crippen molar-refractivity contribution in [2.24, 2.45) is 0 Å². The normalized spacial score (nSPS) is 10.4. The Labute approximate surface area is 99.9 Å². The molecule has 0 saturated heterocycles. The fourth-order valence-electron chi connectivity index (χ4n) is 1.45. The molecule has 0 heterocycles. The maximum Gasteiger partial charge on any atom is 0.305 e. The first-order valence-corrected chi connectivity index (χ1v) is 6.67. The average Bonchev–Trinajstić information content (AvgIpc) is 2.28. The fraction of sp³-hybridized carbons (Fsp3) is 0.923. The highest BCUT2D eigenvalue weighted by Crippen LogP contribution is 2.00. The van der Waals surface area contributed by atoms with E-state index in [1.54, 1.807) is 0 Å². The number of hydrogen-bond acceptors (Lipinski definition) is 3. The Morgan fingerprint density at radius 1 is 1.00 bits per heavy atom. The van der Waals surface area contributed by atoms with Crippen LogP contribution in [0.2, 0.25) is 0 Å². The summed E-state index contributed by atoms with van der Waals surface area (Å²) in [5.41, 5.74) is 0. The first-order chi connectivity index (χ1) is 7.81. The first kappa shape index (κ1) is 15.4. The van der Waals surface area contributed by atoms with E-state index in [0.29, 0.717) is 13.0 Å². The summed E-state index contributed by atoms with van der Waals surface area (Å²) in [5, 5.41) is 3.27. The van der Waals surface area contributed by atoms with Gasteiger partial charge in [-0.3, -0.25) is 4.79 Å². The van der Waals surface area contributed by atoms with Crippen molar-refractivity contribution in [3.63, 3.8) is 0 Å². The molecule has 1 N–H and O–H groups in total. The second-order valence-electron chi connectivity index (χ2n) is 4.13. The van der Waals surface area contributed by atoms with Crippen LogP contribution < -0.4 is 5.32 Å². The molecule has 0 bridgehead atoms. The minimum absolute atomic E-state index is 0.0520. The Hall–Kier alpha value is -0.570. The van der Waals surface area contributed by atoms with Crippen molar-refractivity contribution in [1.29, 1.82) is 0 Å². The third kappa shape index (κ3) is 11.5. The molecule has 0 amide bonds. The van der Waals surface area contributed by atoms with Crippen LogP contribution in [-0.2, 0) is 9.53 Å². The maximum absolute atomic E-state index is 11.2. The number of unbranched alkanes of at least 4 members (excludes halogenated alkanes) is 4. The number of rotatable bonds is 11. The predicted molar refractivity (Wildman–Crippen MR) is 67.5 cm³/mol. The molecule has 96 valence electrons. The zero-order chi connectivity index (χ0) is 12.1. The SMILES string of the molecule is CCCCCNCCOC(=O)CCCCC. The summed E-state index contributed by atoms with van der Waals surface area (Å²) in [6, 6.07) is 0. The van der Waals surface area contributed by atoms with E-state index in [-0.39, 0.29) is 5.97 Å². The van der Waals surface area contributed by atoms with Crippen LogP contribution in [0.5, 0.6) is 0 Å². The Bertz CT molecular complexity index is 160. The minimum Gasteiger partial charge on any atom is -0.464 e. The zero-order valence-electron chi connectivity index (χ0n) is 10.9. The molecule has 0 aromatic heterocycles. The molecule has 0 aliphatic carbocycles. The summed E-state index contributed by atoms with van der Waals surface area (Å²) >= 11 is 0. The zero-order valence-corrected chi connectivity index (χ0v) is 10.9. The van der Waals surface area contributed by atoms with Gasteiger partial charge in [0.1, 0.15) is 6.61 Å². The average molecular weight is 229 g/mol. The van der Waals surface area contributed by atoms with Gasteiger partial charge in [-0.2, -0.15) is 0 Å². The van der Waals surface area contributed by atoms with Crippen molar-refractivity contribution in [2.75, 3.05) is 19.7 Å². The van der Waals surface area contributed by atoms with Gasteiger partial charge in [0.15, 0.2) is 0 Å². The summed E-state index contributed by atoms with van der Waals surface area (Å²) in [7, 11) is 0. The topological polar surface area (TPSA) is 38.3 Å². The molecule has 0 aromatic carbocycles. The molecule has 0 fully saturated rings. The van der Waals surface area contributed by atoms with E-state index in [0.717, 1.165) is 32.4 Å². The molecule has 0 aliphatic heterocycles. The van der Waals surface area contributed by atoms with Gasteiger partial charge in [-0.1, -0.05) is 39.5 Å². The standard InChI is InChI=1S/C13H27NO2/c1-3-5-7-9-13(15)16-12-11-14-10-8-6-4-2/h14H,3-12H2,1-2H3. The van der Waals surface area contributed by atoms with Gasteiger partial charge in [0.2, 0.25) is 0 Å². The Morgan fingerprint density at radius 2 is 1.69 bits per heavy atom. The summed E-state index contributed by atoms with van der Waals surface area (Å²) in [6.07, 6.45) is 7.51. The van der Waals surface area contributed by atoms with Crippen molar-refractivity contribution >= 4 is 5.97 Å². The van der Waals surface area contributed by atoms with Gasteiger partial charge in [-0.25, -0.2) is 0 Å². The molecule has 0 unspecified atom stereocenters. The highest BCUT2D eigenvalue weighted by molar-refractivity contribution is 5.69. The van der Waals surface area contributed by atoms with Crippen LogP contribution in [0, 0.1) is 0 Å². The first-order valence-electron chi connectivity index (χ1n) is 6.67. The van der Waals surface area contributed by atoms with Gasteiger partial charge in [0.05, 0.1) is 0 Å². The monoisotopic (exact) mass is 229 g/mol. The largest absolute Gasteiger partial charge is 0.464 e. The summed E-state index contributed by atoms with van der Waals surface area (Å²) in [4.78, 5) is 11.2. The lowest BCUT2D eigenvalue weighted by molar-refractivity contribution is -0.143. The molecule has 0 radical (unpaired) electrons. The van der Waals surface area contributed by atoms with Gasteiger partial charge in [-0.15, -0.1) is 0 Å². The van der Waals surface area contributed by atoms with Crippen LogP contribution >= 0.6 is 0 Å². The highest BCUT2D eigenvalue weighted by Gasteiger charge is 2.00. The third-order valence-electron chi connectivity index (χ3n) is 2.48. The van der Waals surface area contributed by atoms with E-state index >= 15 is 0 Å². The molecule has 0 rings (SSSR count). The number of carbonyl (C=O) groups is 1. The van der Waals surface area contributed by atoms with Crippen LogP contribution in [0.4, 0.5) is 0 Å². The summed E-state index contributed by atoms with van der Waals surface area (Å²) in [5.74, 6) is -0.0520. The van der Waals surface area contributed by atoms with Gasteiger partial charge in [0, 0.05) is 13.0 Å². The van der Waals surface area contributed by atoms with Gasteiger partial charge in [0.25, 0.3) is 0 Å².